The first-order valence-electron chi connectivity index (χ1n) is 9.36. The first-order chi connectivity index (χ1) is 13.5. The van der Waals surface area contributed by atoms with Gasteiger partial charge in [-0.3, -0.25) is 0 Å². The molecule has 28 heavy (non-hydrogen) atoms. The van der Waals surface area contributed by atoms with E-state index in [1.807, 2.05) is 42.8 Å². The van der Waals surface area contributed by atoms with Gasteiger partial charge in [0.25, 0.3) is 0 Å². The van der Waals surface area contributed by atoms with E-state index in [-0.39, 0.29) is 0 Å². The lowest BCUT2D eigenvalue weighted by atomic mass is 9.99. The van der Waals surface area contributed by atoms with Crippen LogP contribution in [-0.4, -0.2) is 31.3 Å². The average Bonchev–Trinajstić information content (AvgIpc) is 3.25. The highest BCUT2D eigenvalue weighted by molar-refractivity contribution is 7.08. The van der Waals surface area contributed by atoms with Crippen LogP contribution in [0.25, 0.3) is 10.8 Å². The number of thiophene rings is 1. The van der Waals surface area contributed by atoms with E-state index >= 15 is 0 Å². The molecule has 0 fully saturated rings. The molecule has 0 aliphatic heterocycles. The number of ether oxygens (including phenoxy) is 1. The molecule has 0 spiro atoms. The SMILES string of the molecule is CCNC(=NCc1ccc2cc(OC)ccc2c1)NCC(C)(O)c1ccsc1. The lowest BCUT2D eigenvalue weighted by molar-refractivity contribution is 0.0621. The minimum Gasteiger partial charge on any atom is -0.497 e. The molecule has 5 nitrogen and oxygen atoms in total. The van der Waals surface area contributed by atoms with Crippen LogP contribution in [0.3, 0.4) is 0 Å². The Hall–Kier alpha value is -2.57. The Labute approximate surface area is 170 Å². The zero-order valence-electron chi connectivity index (χ0n) is 16.5. The minimum absolute atomic E-state index is 0.382. The molecule has 3 rings (SSSR count). The number of nitrogens with zero attached hydrogens (tertiary/aromatic N) is 1. The van der Waals surface area contributed by atoms with Crippen LogP contribution in [0.5, 0.6) is 5.75 Å². The summed E-state index contributed by atoms with van der Waals surface area (Å²) < 4.78 is 5.28. The van der Waals surface area contributed by atoms with E-state index in [1.54, 1.807) is 18.4 Å². The number of benzene rings is 2. The Bertz CT molecular complexity index is 936. The number of guanidine groups is 1. The second kappa shape index (κ2) is 9.08. The van der Waals surface area contributed by atoms with Crippen LogP contribution in [0.1, 0.15) is 25.0 Å². The highest BCUT2D eigenvalue weighted by Crippen LogP contribution is 2.23. The van der Waals surface area contributed by atoms with Crippen molar-refractivity contribution in [2.45, 2.75) is 26.0 Å². The number of methoxy groups -OCH3 is 1. The molecule has 0 bridgehead atoms. The predicted octanol–water partition coefficient (Wildman–Crippen LogP) is 3.87. The molecule has 0 amide bonds. The van der Waals surface area contributed by atoms with Gasteiger partial charge in [0, 0.05) is 6.54 Å². The molecule has 0 aliphatic rings. The molecule has 148 valence electrons. The number of hydrogen-bond acceptors (Lipinski definition) is 4. The van der Waals surface area contributed by atoms with Crippen LogP contribution in [0.4, 0.5) is 0 Å². The maximum absolute atomic E-state index is 10.7. The highest BCUT2D eigenvalue weighted by atomic mass is 32.1. The number of aliphatic hydroxyl groups is 1. The summed E-state index contributed by atoms with van der Waals surface area (Å²) in [6.45, 7) is 5.52. The van der Waals surface area contributed by atoms with Gasteiger partial charge in [0.15, 0.2) is 5.96 Å². The van der Waals surface area contributed by atoms with E-state index in [9.17, 15) is 5.11 Å². The molecule has 3 aromatic rings. The first-order valence-corrected chi connectivity index (χ1v) is 10.3. The van der Waals surface area contributed by atoms with Crippen molar-refractivity contribution in [2.24, 2.45) is 4.99 Å². The summed E-state index contributed by atoms with van der Waals surface area (Å²) >= 11 is 1.58. The monoisotopic (exact) mass is 397 g/mol. The van der Waals surface area contributed by atoms with Crippen molar-refractivity contribution in [3.05, 3.63) is 64.4 Å². The molecular weight excluding hydrogens is 370 g/mol. The fourth-order valence-corrected chi connectivity index (χ4v) is 3.72. The van der Waals surface area contributed by atoms with Gasteiger partial charge in [-0.05, 0) is 70.8 Å². The summed E-state index contributed by atoms with van der Waals surface area (Å²) in [6, 6.07) is 14.3. The zero-order chi connectivity index (χ0) is 20.0. The summed E-state index contributed by atoms with van der Waals surface area (Å²) in [5.41, 5.74) is 1.09. The minimum atomic E-state index is -0.946. The van der Waals surface area contributed by atoms with Crippen molar-refractivity contribution >= 4 is 28.1 Å². The van der Waals surface area contributed by atoms with Crippen molar-refractivity contribution in [3.8, 4) is 5.75 Å². The number of hydrogen-bond donors (Lipinski definition) is 3. The van der Waals surface area contributed by atoms with Gasteiger partial charge in [0.2, 0.25) is 0 Å². The van der Waals surface area contributed by atoms with Crippen LogP contribution >= 0.6 is 11.3 Å². The predicted molar refractivity (Wildman–Crippen MR) is 117 cm³/mol. The van der Waals surface area contributed by atoms with Crippen LogP contribution in [0, 0.1) is 0 Å². The maximum atomic E-state index is 10.7. The molecule has 0 saturated carbocycles. The molecule has 3 N–H and O–H groups in total. The van der Waals surface area contributed by atoms with Gasteiger partial charge in [0.1, 0.15) is 11.4 Å². The molecule has 1 unspecified atom stereocenters. The molecule has 1 heterocycles. The second-order valence-electron chi connectivity index (χ2n) is 6.88. The van der Waals surface area contributed by atoms with Crippen molar-refractivity contribution in [1.82, 2.24) is 10.6 Å². The Morgan fingerprint density at radius 3 is 2.64 bits per heavy atom. The third-order valence-electron chi connectivity index (χ3n) is 4.62. The third kappa shape index (κ3) is 5.03. The zero-order valence-corrected chi connectivity index (χ0v) is 17.3. The van der Waals surface area contributed by atoms with E-state index in [2.05, 4.69) is 39.9 Å². The van der Waals surface area contributed by atoms with Gasteiger partial charge in [-0.2, -0.15) is 11.3 Å². The molecular formula is C22H27N3O2S. The van der Waals surface area contributed by atoms with Crippen molar-refractivity contribution < 1.29 is 9.84 Å². The third-order valence-corrected chi connectivity index (χ3v) is 5.30. The molecule has 1 atom stereocenters. The van der Waals surface area contributed by atoms with E-state index < -0.39 is 5.60 Å². The van der Waals surface area contributed by atoms with Gasteiger partial charge < -0.3 is 20.5 Å². The Morgan fingerprint density at radius 2 is 1.93 bits per heavy atom. The number of fused-ring (bicyclic) bond motifs is 1. The Balaban J connectivity index is 1.69. The van der Waals surface area contributed by atoms with Crippen LogP contribution in [0.2, 0.25) is 0 Å². The van der Waals surface area contributed by atoms with Crippen molar-refractivity contribution in [2.75, 3.05) is 20.2 Å². The van der Waals surface area contributed by atoms with E-state index in [1.165, 1.54) is 0 Å². The Morgan fingerprint density at radius 1 is 1.14 bits per heavy atom. The fraction of sp³-hybridized carbons (Fsp3) is 0.318. The lowest BCUT2D eigenvalue weighted by Gasteiger charge is -2.24. The molecule has 0 radical (unpaired) electrons. The summed E-state index contributed by atoms with van der Waals surface area (Å²) in [5, 5.41) is 23.4. The summed E-state index contributed by atoms with van der Waals surface area (Å²) in [5.74, 6) is 1.54. The van der Waals surface area contributed by atoms with Crippen LogP contribution in [-0.2, 0) is 12.1 Å². The summed E-state index contributed by atoms with van der Waals surface area (Å²) in [6.07, 6.45) is 0. The number of aliphatic imine (C=N–C) groups is 1. The van der Waals surface area contributed by atoms with Crippen molar-refractivity contribution in [3.63, 3.8) is 0 Å². The summed E-state index contributed by atoms with van der Waals surface area (Å²) in [7, 11) is 1.68. The van der Waals surface area contributed by atoms with Crippen LogP contribution < -0.4 is 15.4 Å². The van der Waals surface area contributed by atoms with Gasteiger partial charge >= 0.3 is 0 Å². The van der Waals surface area contributed by atoms with Gasteiger partial charge in [-0.25, -0.2) is 4.99 Å². The molecule has 2 aromatic carbocycles. The van der Waals surface area contributed by atoms with Gasteiger partial charge in [-0.15, -0.1) is 0 Å². The fourth-order valence-electron chi connectivity index (χ4n) is 2.94. The lowest BCUT2D eigenvalue weighted by Crippen LogP contribution is -2.44. The second-order valence-corrected chi connectivity index (χ2v) is 7.66. The molecule has 1 aromatic heterocycles. The largest absolute Gasteiger partial charge is 0.497 e. The quantitative estimate of drug-likeness (QED) is 0.418. The van der Waals surface area contributed by atoms with Crippen molar-refractivity contribution in [1.29, 1.82) is 0 Å². The van der Waals surface area contributed by atoms with Gasteiger partial charge in [0.05, 0.1) is 20.2 Å². The maximum Gasteiger partial charge on any atom is 0.191 e. The van der Waals surface area contributed by atoms with E-state index in [4.69, 9.17) is 4.74 Å². The summed E-state index contributed by atoms with van der Waals surface area (Å²) in [4.78, 5) is 4.67. The molecule has 6 heteroatoms. The smallest absolute Gasteiger partial charge is 0.191 e. The number of nitrogens with one attached hydrogen (secondary N) is 2. The molecule has 0 saturated heterocycles. The average molecular weight is 398 g/mol. The van der Waals surface area contributed by atoms with Gasteiger partial charge in [-0.1, -0.05) is 18.2 Å². The van der Waals surface area contributed by atoms with Crippen LogP contribution in [0.15, 0.2) is 58.2 Å². The highest BCUT2D eigenvalue weighted by Gasteiger charge is 2.23. The van der Waals surface area contributed by atoms with E-state index in [0.29, 0.717) is 19.0 Å². The van der Waals surface area contributed by atoms with E-state index in [0.717, 1.165) is 34.2 Å². The number of rotatable bonds is 7. The first kappa shape index (κ1) is 20.2. The topological polar surface area (TPSA) is 65.9 Å². The normalized spacial score (nSPS) is 13.9. The standard InChI is InChI=1S/C22H27N3O2S/c1-4-23-21(25-15-22(2,26)19-9-10-28-14-19)24-13-16-5-6-18-12-20(27-3)8-7-17(18)11-16/h5-12,14,26H,4,13,15H2,1-3H3,(H2,23,24,25). The molecule has 0 aliphatic carbocycles. The Kier molecular flexibility index (Phi) is 6.54.